The minimum atomic E-state index is -0.380. The minimum absolute atomic E-state index is 0.0332. The fourth-order valence-electron chi connectivity index (χ4n) is 1.78. The Balaban J connectivity index is 2.71. The maximum atomic E-state index is 11.2. The minimum Gasteiger partial charge on any atom is -0.487 e. The van der Waals surface area contributed by atoms with E-state index in [1.807, 2.05) is 18.7 Å². The highest BCUT2D eigenvalue weighted by atomic mass is 32.2. The summed E-state index contributed by atoms with van der Waals surface area (Å²) in [6.45, 7) is 3.19. The fraction of sp³-hybridized carbons (Fsp3) is 0.571. The van der Waals surface area contributed by atoms with Gasteiger partial charge >= 0.3 is 5.69 Å². The molecule has 1 N–H and O–H groups in total. The van der Waals surface area contributed by atoms with Gasteiger partial charge in [0, 0.05) is 6.54 Å². The van der Waals surface area contributed by atoms with Crippen LogP contribution in [-0.2, 0) is 0 Å². The zero-order valence-corrected chi connectivity index (χ0v) is 12.9. The van der Waals surface area contributed by atoms with Gasteiger partial charge in [0.05, 0.1) is 11.5 Å². The summed E-state index contributed by atoms with van der Waals surface area (Å²) in [7, 11) is 0. The number of para-hydroxylation sites is 1. The first-order chi connectivity index (χ1) is 9.70. The third-order valence-corrected chi connectivity index (χ3v) is 3.43. The summed E-state index contributed by atoms with van der Waals surface area (Å²) in [6.07, 6.45) is 5.00. The maximum Gasteiger partial charge on any atom is 0.333 e. The van der Waals surface area contributed by atoms with Crippen molar-refractivity contribution in [2.45, 2.75) is 26.2 Å². The molecule has 0 saturated heterocycles. The van der Waals surface area contributed by atoms with E-state index < -0.39 is 0 Å². The number of hydrogen-bond donors (Lipinski definition) is 1. The first kappa shape index (κ1) is 16.6. The lowest BCUT2D eigenvalue weighted by Crippen LogP contribution is -2.06. The molecule has 0 spiro atoms. The van der Waals surface area contributed by atoms with E-state index in [0.717, 1.165) is 31.6 Å². The van der Waals surface area contributed by atoms with Crippen molar-refractivity contribution in [3.8, 4) is 5.75 Å². The average molecular weight is 298 g/mol. The van der Waals surface area contributed by atoms with Crippen LogP contribution in [0.25, 0.3) is 0 Å². The Hall–Kier alpha value is -1.43. The van der Waals surface area contributed by atoms with E-state index in [4.69, 9.17) is 4.74 Å². The Bertz CT molecular complexity index is 427. The van der Waals surface area contributed by atoms with Crippen molar-refractivity contribution in [2.24, 2.45) is 0 Å². The standard InChI is InChI=1S/C14H22N2O3S/c1-3-10-19-13-8-6-7-12(14(13)16(17)18)15-9-4-5-11-20-2/h6-8,15H,3-5,9-11H2,1-2H3. The van der Waals surface area contributed by atoms with Gasteiger partial charge in [-0.3, -0.25) is 10.1 Å². The molecule has 1 aromatic rings. The summed E-state index contributed by atoms with van der Waals surface area (Å²) in [6, 6.07) is 5.15. The topological polar surface area (TPSA) is 64.4 Å². The van der Waals surface area contributed by atoms with Gasteiger partial charge in [0.1, 0.15) is 5.69 Å². The second-order valence-electron chi connectivity index (χ2n) is 4.38. The zero-order chi connectivity index (χ0) is 14.8. The number of nitro benzene ring substituents is 1. The molecule has 0 unspecified atom stereocenters. The van der Waals surface area contributed by atoms with Crippen LogP contribution in [0, 0.1) is 10.1 Å². The highest BCUT2D eigenvalue weighted by molar-refractivity contribution is 7.98. The third kappa shape index (κ3) is 5.28. The number of hydrogen-bond acceptors (Lipinski definition) is 5. The Morgan fingerprint density at radius 2 is 2.20 bits per heavy atom. The molecule has 5 nitrogen and oxygen atoms in total. The van der Waals surface area contributed by atoms with Crippen LogP contribution in [0.4, 0.5) is 11.4 Å². The van der Waals surface area contributed by atoms with Crippen LogP contribution in [0.3, 0.4) is 0 Å². The van der Waals surface area contributed by atoms with Crippen LogP contribution in [-0.4, -0.2) is 30.1 Å². The molecule has 0 heterocycles. The Kier molecular flexibility index (Phi) is 7.87. The number of anilines is 1. The highest BCUT2D eigenvalue weighted by Crippen LogP contribution is 2.34. The molecule has 112 valence electrons. The predicted octanol–water partition coefficient (Wildman–Crippen LogP) is 3.94. The number of nitrogens with one attached hydrogen (secondary N) is 1. The predicted molar refractivity (Wildman–Crippen MR) is 85.0 cm³/mol. The number of rotatable bonds is 10. The van der Waals surface area contributed by atoms with Gasteiger partial charge < -0.3 is 10.1 Å². The summed E-state index contributed by atoms with van der Waals surface area (Å²) < 4.78 is 5.45. The van der Waals surface area contributed by atoms with E-state index in [1.165, 1.54) is 0 Å². The number of nitrogens with zero attached hydrogens (tertiary/aromatic N) is 1. The van der Waals surface area contributed by atoms with Gasteiger partial charge in [-0.2, -0.15) is 11.8 Å². The number of ether oxygens (including phenoxy) is 1. The summed E-state index contributed by atoms with van der Waals surface area (Å²) in [5.41, 5.74) is 0.568. The molecule has 0 saturated carbocycles. The number of unbranched alkanes of at least 4 members (excludes halogenated alkanes) is 1. The normalized spacial score (nSPS) is 10.3. The molecule has 0 fully saturated rings. The maximum absolute atomic E-state index is 11.2. The molecule has 0 aliphatic heterocycles. The highest BCUT2D eigenvalue weighted by Gasteiger charge is 2.20. The molecule has 0 radical (unpaired) electrons. The largest absolute Gasteiger partial charge is 0.487 e. The first-order valence-corrected chi connectivity index (χ1v) is 8.23. The van der Waals surface area contributed by atoms with Gasteiger partial charge in [-0.25, -0.2) is 0 Å². The van der Waals surface area contributed by atoms with E-state index in [-0.39, 0.29) is 10.6 Å². The van der Waals surface area contributed by atoms with Crippen LogP contribution in [0.5, 0.6) is 5.75 Å². The lowest BCUT2D eigenvalue weighted by molar-refractivity contribution is -0.385. The molecule has 0 atom stereocenters. The van der Waals surface area contributed by atoms with Crippen molar-refractivity contribution < 1.29 is 9.66 Å². The molecule has 0 bridgehead atoms. The summed E-state index contributed by atoms with van der Waals surface area (Å²) >= 11 is 1.81. The Morgan fingerprint density at radius 1 is 1.40 bits per heavy atom. The molecule has 0 aromatic heterocycles. The molecule has 20 heavy (non-hydrogen) atoms. The molecular weight excluding hydrogens is 276 g/mol. The zero-order valence-electron chi connectivity index (χ0n) is 12.1. The van der Waals surface area contributed by atoms with Crippen LogP contribution in [0.2, 0.25) is 0 Å². The van der Waals surface area contributed by atoms with E-state index in [9.17, 15) is 10.1 Å². The molecule has 0 amide bonds. The second-order valence-corrected chi connectivity index (χ2v) is 5.37. The van der Waals surface area contributed by atoms with E-state index in [1.54, 1.807) is 18.2 Å². The number of benzene rings is 1. The second kappa shape index (κ2) is 9.47. The van der Waals surface area contributed by atoms with Crippen LogP contribution in [0.1, 0.15) is 26.2 Å². The van der Waals surface area contributed by atoms with Crippen molar-refractivity contribution in [1.29, 1.82) is 0 Å². The van der Waals surface area contributed by atoms with Crippen molar-refractivity contribution in [3.63, 3.8) is 0 Å². The first-order valence-electron chi connectivity index (χ1n) is 6.83. The molecule has 0 aliphatic rings. The molecule has 0 aliphatic carbocycles. The van der Waals surface area contributed by atoms with Gasteiger partial charge in [-0.05, 0) is 43.4 Å². The van der Waals surface area contributed by atoms with Gasteiger partial charge in [0.15, 0.2) is 5.75 Å². The summed E-state index contributed by atoms with van der Waals surface area (Å²) in [4.78, 5) is 10.8. The quantitative estimate of drug-likeness (QED) is 0.402. The van der Waals surface area contributed by atoms with Crippen molar-refractivity contribution in [2.75, 3.05) is 30.5 Å². The SMILES string of the molecule is CCCOc1cccc(NCCCCSC)c1[N+](=O)[O-]. The Morgan fingerprint density at radius 3 is 2.85 bits per heavy atom. The third-order valence-electron chi connectivity index (χ3n) is 2.73. The molecule has 1 rings (SSSR count). The van der Waals surface area contributed by atoms with E-state index >= 15 is 0 Å². The number of thioether (sulfide) groups is 1. The monoisotopic (exact) mass is 298 g/mol. The van der Waals surface area contributed by atoms with Crippen LogP contribution >= 0.6 is 11.8 Å². The molecular formula is C14H22N2O3S. The van der Waals surface area contributed by atoms with Crippen LogP contribution < -0.4 is 10.1 Å². The van der Waals surface area contributed by atoms with Crippen molar-refractivity contribution >= 4 is 23.1 Å². The van der Waals surface area contributed by atoms with Crippen LogP contribution in [0.15, 0.2) is 18.2 Å². The molecule has 6 heteroatoms. The average Bonchev–Trinajstić information content (AvgIpc) is 2.44. The fourth-order valence-corrected chi connectivity index (χ4v) is 2.27. The van der Waals surface area contributed by atoms with Crippen molar-refractivity contribution in [3.05, 3.63) is 28.3 Å². The van der Waals surface area contributed by atoms with Gasteiger partial charge in [-0.1, -0.05) is 13.0 Å². The van der Waals surface area contributed by atoms with Gasteiger partial charge in [0.2, 0.25) is 0 Å². The lowest BCUT2D eigenvalue weighted by Gasteiger charge is -2.10. The smallest absolute Gasteiger partial charge is 0.333 e. The van der Waals surface area contributed by atoms with Gasteiger partial charge in [0.25, 0.3) is 0 Å². The lowest BCUT2D eigenvalue weighted by atomic mass is 10.2. The van der Waals surface area contributed by atoms with Gasteiger partial charge in [-0.15, -0.1) is 0 Å². The number of nitro groups is 1. The van der Waals surface area contributed by atoms with E-state index in [0.29, 0.717) is 18.0 Å². The van der Waals surface area contributed by atoms with E-state index in [2.05, 4.69) is 11.6 Å². The summed E-state index contributed by atoms with van der Waals surface area (Å²) in [5.74, 6) is 1.45. The summed E-state index contributed by atoms with van der Waals surface area (Å²) in [5, 5.41) is 14.4. The Labute approximate surface area is 124 Å². The van der Waals surface area contributed by atoms with Crippen molar-refractivity contribution in [1.82, 2.24) is 0 Å². The molecule has 1 aromatic carbocycles.